The second kappa shape index (κ2) is 6.53. The largest absolute Gasteiger partial charge is 0.412 e. The van der Waals surface area contributed by atoms with Crippen LogP contribution >= 0.6 is 0 Å². The highest BCUT2D eigenvalue weighted by Gasteiger charge is 2.38. The fourth-order valence-electron chi connectivity index (χ4n) is 2.44. The Hall–Kier alpha value is -0.863. The van der Waals surface area contributed by atoms with E-state index in [2.05, 4.69) is 78.0 Å². The van der Waals surface area contributed by atoms with Gasteiger partial charge in [0.05, 0.1) is 6.61 Å². The van der Waals surface area contributed by atoms with Gasteiger partial charge in [0.25, 0.3) is 0 Å². The highest BCUT2D eigenvalue weighted by Crippen LogP contribution is 2.42. The van der Waals surface area contributed by atoms with Crippen LogP contribution in [0, 0.1) is 0 Å². The first-order valence-corrected chi connectivity index (χ1v) is 8.34. The van der Waals surface area contributed by atoms with Crippen molar-refractivity contribution in [3.63, 3.8) is 0 Å². The van der Waals surface area contributed by atoms with E-state index >= 15 is 0 Å². The second-order valence-electron chi connectivity index (χ2n) is 6.95. The van der Waals surface area contributed by atoms with Gasteiger partial charge in [-0.1, -0.05) is 84.0 Å². The van der Waals surface area contributed by atoms with Crippen LogP contribution in [0.1, 0.15) is 47.1 Å². The molecule has 1 aromatic carbocycles. The van der Waals surface area contributed by atoms with Gasteiger partial charge in [0, 0.05) is 0 Å². The Balaban J connectivity index is 2.57. The lowest BCUT2D eigenvalue weighted by molar-refractivity contribution is 0.320. The Morgan fingerprint density at radius 3 is 1.95 bits per heavy atom. The molecule has 0 aromatic heterocycles. The molecule has 0 saturated carbocycles. The van der Waals surface area contributed by atoms with Crippen LogP contribution in [0.4, 0.5) is 0 Å². The summed E-state index contributed by atoms with van der Waals surface area (Å²) >= 11 is 0. The van der Waals surface area contributed by atoms with E-state index in [1.165, 1.54) is 5.56 Å². The second-order valence-corrected chi connectivity index (χ2v) is 10.9. The molecule has 19 heavy (non-hydrogen) atoms. The first kappa shape index (κ1) is 16.2. The van der Waals surface area contributed by atoms with Crippen LogP contribution in [-0.4, -0.2) is 15.6 Å². The first-order chi connectivity index (χ1) is 8.71. The molecule has 0 fully saturated rings. The highest BCUT2D eigenvalue weighted by molar-refractivity contribution is 6.58. The molecular weight excluding hydrogens is 248 g/mol. The van der Waals surface area contributed by atoms with Gasteiger partial charge in [0.2, 0.25) is 9.04 Å². The predicted octanol–water partition coefficient (Wildman–Crippen LogP) is 5.31. The van der Waals surface area contributed by atoms with Crippen molar-refractivity contribution in [2.75, 3.05) is 6.61 Å². The Morgan fingerprint density at radius 1 is 0.947 bits per heavy atom. The fourth-order valence-corrected chi connectivity index (χ4v) is 5.82. The Bertz CT molecular complexity index is 382. The average Bonchev–Trinajstić information content (AvgIpc) is 2.26. The Kier molecular flexibility index (Phi) is 5.57. The zero-order valence-electron chi connectivity index (χ0n) is 13.2. The molecule has 1 nitrogen and oxygen atoms in total. The molecule has 1 rings (SSSR count). The molecule has 2 heteroatoms. The van der Waals surface area contributed by atoms with Crippen LogP contribution in [0.25, 0.3) is 6.08 Å². The van der Waals surface area contributed by atoms with Gasteiger partial charge < -0.3 is 4.43 Å². The van der Waals surface area contributed by atoms with Crippen molar-refractivity contribution < 1.29 is 4.43 Å². The van der Waals surface area contributed by atoms with E-state index in [1.54, 1.807) is 0 Å². The molecule has 0 N–H and O–H groups in total. The minimum absolute atomic E-state index is 0.253. The highest BCUT2D eigenvalue weighted by atomic mass is 28.3. The van der Waals surface area contributed by atoms with Crippen molar-refractivity contribution in [3.8, 4) is 0 Å². The molecule has 0 aliphatic carbocycles. The summed E-state index contributed by atoms with van der Waals surface area (Å²) in [5.74, 6) is 0. The normalized spacial score (nSPS) is 13.4. The number of benzene rings is 1. The van der Waals surface area contributed by atoms with E-state index in [0.29, 0.717) is 6.61 Å². The number of hydrogen-bond acceptors (Lipinski definition) is 1. The SMILES string of the molecule is CC(C)(C)[Si](OC/C=C/c1ccccc1)C(C)(C)C. The molecule has 0 unspecified atom stereocenters. The van der Waals surface area contributed by atoms with Gasteiger partial charge in [-0.05, 0) is 15.6 Å². The monoisotopic (exact) mass is 275 g/mol. The number of rotatable bonds is 4. The third-order valence-corrected chi connectivity index (χ3v) is 5.98. The van der Waals surface area contributed by atoms with Crippen molar-refractivity contribution in [2.24, 2.45) is 0 Å². The van der Waals surface area contributed by atoms with Gasteiger partial charge in [0.15, 0.2) is 0 Å². The fraction of sp³-hybridized carbons (Fsp3) is 0.529. The van der Waals surface area contributed by atoms with Crippen molar-refractivity contribution in [1.29, 1.82) is 0 Å². The average molecular weight is 275 g/mol. The summed E-state index contributed by atoms with van der Waals surface area (Å²) in [5, 5.41) is 0.507. The molecule has 0 bridgehead atoms. The summed E-state index contributed by atoms with van der Waals surface area (Å²) in [4.78, 5) is 0. The minimum atomic E-state index is -0.881. The zero-order valence-corrected chi connectivity index (χ0v) is 14.2. The van der Waals surface area contributed by atoms with Gasteiger partial charge in [-0.3, -0.25) is 0 Å². The molecule has 105 valence electrons. The van der Waals surface area contributed by atoms with Gasteiger partial charge >= 0.3 is 0 Å². The van der Waals surface area contributed by atoms with E-state index in [0.717, 1.165) is 0 Å². The van der Waals surface area contributed by atoms with Crippen LogP contribution < -0.4 is 0 Å². The molecule has 0 amide bonds. The predicted molar refractivity (Wildman–Crippen MR) is 86.6 cm³/mol. The summed E-state index contributed by atoms with van der Waals surface area (Å²) in [5.41, 5.74) is 1.23. The van der Waals surface area contributed by atoms with Gasteiger partial charge in [0.1, 0.15) is 0 Å². The molecular formula is C17H27OSi. The van der Waals surface area contributed by atoms with E-state index in [1.807, 2.05) is 6.07 Å². The molecule has 0 heterocycles. The molecule has 0 atom stereocenters. The smallest absolute Gasteiger partial charge is 0.223 e. The van der Waals surface area contributed by atoms with Crippen LogP contribution in [0.5, 0.6) is 0 Å². The number of hydrogen-bond donors (Lipinski definition) is 0. The quantitative estimate of drug-likeness (QED) is 0.677. The van der Waals surface area contributed by atoms with Crippen molar-refractivity contribution in [2.45, 2.75) is 51.6 Å². The Labute approximate surface area is 120 Å². The van der Waals surface area contributed by atoms with Crippen molar-refractivity contribution in [1.82, 2.24) is 0 Å². The van der Waals surface area contributed by atoms with Crippen molar-refractivity contribution in [3.05, 3.63) is 42.0 Å². The van der Waals surface area contributed by atoms with Crippen LogP contribution in [0.15, 0.2) is 36.4 Å². The van der Waals surface area contributed by atoms with Crippen molar-refractivity contribution >= 4 is 15.1 Å². The summed E-state index contributed by atoms with van der Waals surface area (Å²) < 4.78 is 6.21. The van der Waals surface area contributed by atoms with Crippen LogP contribution in [-0.2, 0) is 4.43 Å². The standard InChI is InChI=1S/C17H27OSi/c1-16(2,3)19(17(4,5)6)18-14-10-13-15-11-8-7-9-12-15/h7-13H,14H2,1-6H3/b13-10+. The maximum absolute atomic E-state index is 6.21. The summed E-state index contributed by atoms with van der Waals surface area (Å²) in [7, 11) is -0.881. The lowest BCUT2D eigenvalue weighted by atomic mass is 10.2. The summed E-state index contributed by atoms with van der Waals surface area (Å²) in [6.07, 6.45) is 4.25. The molecule has 0 aliphatic heterocycles. The first-order valence-electron chi connectivity index (χ1n) is 6.93. The zero-order chi connectivity index (χ0) is 14.5. The van der Waals surface area contributed by atoms with E-state index in [4.69, 9.17) is 4.43 Å². The Morgan fingerprint density at radius 2 is 1.47 bits per heavy atom. The maximum atomic E-state index is 6.21. The third-order valence-electron chi connectivity index (χ3n) is 2.80. The van der Waals surface area contributed by atoms with E-state index in [-0.39, 0.29) is 10.1 Å². The summed E-state index contributed by atoms with van der Waals surface area (Å²) in [6, 6.07) is 10.4. The van der Waals surface area contributed by atoms with E-state index in [9.17, 15) is 0 Å². The lowest BCUT2D eigenvalue weighted by Gasteiger charge is -2.37. The molecule has 1 radical (unpaired) electrons. The van der Waals surface area contributed by atoms with Gasteiger partial charge in [-0.25, -0.2) is 0 Å². The van der Waals surface area contributed by atoms with E-state index < -0.39 is 9.04 Å². The maximum Gasteiger partial charge on any atom is 0.223 e. The third kappa shape index (κ3) is 5.75. The topological polar surface area (TPSA) is 9.23 Å². The lowest BCUT2D eigenvalue weighted by Crippen LogP contribution is -2.38. The molecule has 0 aliphatic rings. The molecule has 0 spiro atoms. The summed E-state index contributed by atoms with van der Waals surface area (Å²) in [6.45, 7) is 14.4. The molecule has 1 aromatic rings. The minimum Gasteiger partial charge on any atom is -0.412 e. The molecule has 0 saturated heterocycles. The van der Waals surface area contributed by atoms with Gasteiger partial charge in [-0.15, -0.1) is 0 Å². The van der Waals surface area contributed by atoms with Crippen LogP contribution in [0.2, 0.25) is 10.1 Å². The van der Waals surface area contributed by atoms with Gasteiger partial charge in [-0.2, -0.15) is 0 Å². The van der Waals surface area contributed by atoms with Crippen LogP contribution in [0.3, 0.4) is 0 Å².